The number of benzene rings is 1. The highest BCUT2D eigenvalue weighted by molar-refractivity contribution is 7.92. The van der Waals surface area contributed by atoms with Gasteiger partial charge in [0.1, 0.15) is 0 Å². The van der Waals surface area contributed by atoms with Gasteiger partial charge in [-0.3, -0.25) is 9.52 Å². The van der Waals surface area contributed by atoms with Crippen LogP contribution in [0.5, 0.6) is 0 Å². The Morgan fingerprint density at radius 3 is 2.88 bits per heavy atom. The van der Waals surface area contributed by atoms with E-state index in [1.165, 1.54) is 29.1 Å². The second-order valence-corrected chi connectivity index (χ2v) is 8.71. The van der Waals surface area contributed by atoms with Gasteiger partial charge in [-0.2, -0.15) is 0 Å². The van der Waals surface area contributed by atoms with E-state index in [1.807, 2.05) is 11.4 Å². The van der Waals surface area contributed by atoms with Crippen LogP contribution in [0.15, 0.2) is 35.7 Å². The highest BCUT2D eigenvalue weighted by Crippen LogP contribution is 2.24. The number of carbonyl (C=O) groups is 2. The van der Waals surface area contributed by atoms with Gasteiger partial charge in [-0.05, 0) is 41.6 Å². The smallest absolute Gasteiger partial charge is 0.338 e. The molecule has 0 saturated heterocycles. The van der Waals surface area contributed by atoms with Crippen molar-refractivity contribution in [1.29, 1.82) is 0 Å². The quantitative estimate of drug-likeness (QED) is 0.782. The Morgan fingerprint density at radius 2 is 2.12 bits per heavy atom. The lowest BCUT2D eigenvalue weighted by molar-refractivity contribution is -0.135. The number of esters is 1. The zero-order valence-electron chi connectivity index (χ0n) is 14.1. The molecule has 0 unspecified atom stereocenters. The van der Waals surface area contributed by atoms with E-state index in [9.17, 15) is 18.0 Å². The minimum Gasteiger partial charge on any atom is -0.452 e. The number of nitrogens with one attached hydrogen (secondary N) is 1. The predicted octanol–water partition coefficient (Wildman–Crippen LogP) is 1.86. The summed E-state index contributed by atoms with van der Waals surface area (Å²) in [4.78, 5) is 27.4. The normalized spacial score (nSPS) is 13.8. The molecule has 1 amide bonds. The number of carbonyl (C=O) groups excluding carboxylic acids is 2. The number of hydrogen-bond donors (Lipinski definition) is 1. The number of hydrogen-bond acceptors (Lipinski definition) is 6. The average Bonchev–Trinajstić information content (AvgIpc) is 3.05. The Labute approximate surface area is 155 Å². The van der Waals surface area contributed by atoms with Crippen molar-refractivity contribution in [2.24, 2.45) is 0 Å². The first kappa shape index (κ1) is 18.4. The molecule has 1 aromatic carbocycles. The highest BCUT2D eigenvalue weighted by atomic mass is 32.2. The van der Waals surface area contributed by atoms with Crippen molar-refractivity contribution in [3.05, 3.63) is 51.7 Å². The van der Waals surface area contributed by atoms with Crippen LogP contribution in [-0.4, -0.2) is 44.6 Å². The van der Waals surface area contributed by atoms with Gasteiger partial charge in [0.25, 0.3) is 5.91 Å². The second-order valence-electron chi connectivity index (χ2n) is 5.97. The summed E-state index contributed by atoms with van der Waals surface area (Å²) in [5, 5.41) is 2.01. The van der Waals surface area contributed by atoms with Crippen LogP contribution in [0.1, 0.15) is 20.8 Å². The number of fused-ring (bicyclic) bond motifs is 1. The minimum atomic E-state index is -3.44. The maximum Gasteiger partial charge on any atom is 0.338 e. The summed E-state index contributed by atoms with van der Waals surface area (Å²) in [5.74, 6) is -0.927. The van der Waals surface area contributed by atoms with Crippen LogP contribution >= 0.6 is 11.3 Å². The number of ether oxygens (including phenoxy) is 1. The Kier molecular flexibility index (Phi) is 5.28. The van der Waals surface area contributed by atoms with Gasteiger partial charge in [-0.15, -0.1) is 11.3 Å². The van der Waals surface area contributed by atoms with Crippen LogP contribution in [0, 0.1) is 0 Å². The fraction of sp³-hybridized carbons (Fsp3) is 0.294. The van der Waals surface area contributed by atoms with Crippen molar-refractivity contribution in [3.63, 3.8) is 0 Å². The number of sulfonamides is 1. The van der Waals surface area contributed by atoms with Crippen molar-refractivity contribution in [2.45, 2.75) is 13.0 Å². The molecule has 1 aliphatic rings. The Morgan fingerprint density at radius 1 is 1.31 bits per heavy atom. The first-order chi connectivity index (χ1) is 12.3. The molecule has 3 rings (SSSR count). The standard InChI is InChI=1S/C17H18N2O5S2/c1-26(22,23)18-14-4-2-3-12(9-14)17(21)24-11-16(20)19-7-5-15-13(10-19)6-8-25-15/h2-4,6,8-9,18H,5,7,10-11H2,1H3. The molecule has 0 aliphatic carbocycles. The van der Waals surface area contributed by atoms with Crippen molar-refractivity contribution < 1.29 is 22.7 Å². The Balaban J connectivity index is 1.57. The molecule has 2 aromatic rings. The molecule has 0 bridgehead atoms. The molecule has 138 valence electrons. The van der Waals surface area contributed by atoms with E-state index < -0.39 is 16.0 Å². The van der Waals surface area contributed by atoms with E-state index in [-0.39, 0.29) is 23.8 Å². The van der Waals surface area contributed by atoms with Crippen LogP contribution in [0.25, 0.3) is 0 Å². The van der Waals surface area contributed by atoms with E-state index in [2.05, 4.69) is 4.72 Å². The molecule has 2 heterocycles. The van der Waals surface area contributed by atoms with E-state index in [0.29, 0.717) is 13.1 Å². The topological polar surface area (TPSA) is 92.8 Å². The summed E-state index contributed by atoms with van der Waals surface area (Å²) < 4.78 is 29.9. The summed E-state index contributed by atoms with van der Waals surface area (Å²) in [6, 6.07) is 7.93. The SMILES string of the molecule is CS(=O)(=O)Nc1cccc(C(=O)OCC(=O)N2CCc3sccc3C2)c1. The van der Waals surface area contributed by atoms with Crippen LogP contribution in [-0.2, 0) is 32.5 Å². The third-order valence-corrected chi connectivity index (χ3v) is 5.52. The zero-order chi connectivity index (χ0) is 18.7. The second kappa shape index (κ2) is 7.46. The van der Waals surface area contributed by atoms with Crippen LogP contribution < -0.4 is 4.72 Å². The first-order valence-corrected chi connectivity index (χ1v) is 10.7. The van der Waals surface area contributed by atoms with Gasteiger partial charge in [-0.1, -0.05) is 6.07 Å². The maximum atomic E-state index is 12.3. The van der Waals surface area contributed by atoms with Crippen molar-refractivity contribution >= 4 is 38.9 Å². The van der Waals surface area contributed by atoms with Crippen molar-refractivity contribution in [3.8, 4) is 0 Å². The van der Waals surface area contributed by atoms with Crippen molar-refractivity contribution in [1.82, 2.24) is 4.90 Å². The van der Waals surface area contributed by atoms with E-state index >= 15 is 0 Å². The molecule has 0 atom stereocenters. The fourth-order valence-corrected chi connectivity index (χ4v) is 4.13. The molecule has 26 heavy (non-hydrogen) atoms. The summed E-state index contributed by atoms with van der Waals surface area (Å²) in [6.45, 7) is 0.794. The number of nitrogens with zero attached hydrogens (tertiary/aromatic N) is 1. The Bertz CT molecular complexity index is 936. The molecular formula is C17H18N2O5S2. The summed E-state index contributed by atoms with van der Waals surface area (Å²) in [5.41, 5.74) is 1.57. The van der Waals surface area contributed by atoms with Gasteiger partial charge in [0.05, 0.1) is 11.8 Å². The highest BCUT2D eigenvalue weighted by Gasteiger charge is 2.22. The average molecular weight is 394 g/mol. The van der Waals surface area contributed by atoms with Crippen LogP contribution in [0.2, 0.25) is 0 Å². The van der Waals surface area contributed by atoms with Gasteiger partial charge in [-0.25, -0.2) is 13.2 Å². The van der Waals surface area contributed by atoms with Crippen LogP contribution in [0.3, 0.4) is 0 Å². The van der Waals surface area contributed by atoms with Gasteiger partial charge in [0.2, 0.25) is 10.0 Å². The number of amides is 1. The molecule has 1 aromatic heterocycles. The van der Waals surface area contributed by atoms with Crippen LogP contribution in [0.4, 0.5) is 5.69 Å². The van der Waals surface area contributed by atoms with Crippen molar-refractivity contribution in [2.75, 3.05) is 24.1 Å². The molecule has 0 fully saturated rings. The van der Waals surface area contributed by atoms with Gasteiger partial charge in [0, 0.05) is 23.7 Å². The summed E-state index contributed by atoms with van der Waals surface area (Å²) >= 11 is 1.69. The van der Waals surface area contributed by atoms with Gasteiger partial charge in [0.15, 0.2) is 6.61 Å². The molecule has 1 aliphatic heterocycles. The third-order valence-electron chi connectivity index (χ3n) is 3.89. The number of anilines is 1. The first-order valence-electron chi connectivity index (χ1n) is 7.90. The van der Waals surface area contributed by atoms with Gasteiger partial charge >= 0.3 is 5.97 Å². The zero-order valence-corrected chi connectivity index (χ0v) is 15.7. The molecule has 7 nitrogen and oxygen atoms in total. The number of thiophene rings is 1. The molecule has 0 spiro atoms. The molecular weight excluding hydrogens is 376 g/mol. The Hall–Kier alpha value is -2.39. The predicted molar refractivity (Wildman–Crippen MR) is 98.6 cm³/mol. The largest absolute Gasteiger partial charge is 0.452 e. The number of rotatable bonds is 5. The summed E-state index contributed by atoms with van der Waals surface area (Å²) in [6.07, 6.45) is 1.83. The molecule has 9 heteroatoms. The molecule has 0 radical (unpaired) electrons. The molecule has 0 saturated carbocycles. The lowest BCUT2D eigenvalue weighted by atomic mass is 10.1. The van der Waals surface area contributed by atoms with E-state index in [4.69, 9.17) is 4.74 Å². The van der Waals surface area contributed by atoms with Gasteiger partial charge < -0.3 is 9.64 Å². The third kappa shape index (κ3) is 4.61. The fourth-order valence-electron chi connectivity index (χ4n) is 2.69. The monoisotopic (exact) mass is 394 g/mol. The lowest BCUT2D eigenvalue weighted by Crippen LogP contribution is -2.38. The van der Waals surface area contributed by atoms with E-state index in [0.717, 1.165) is 18.2 Å². The lowest BCUT2D eigenvalue weighted by Gasteiger charge is -2.26. The summed E-state index contributed by atoms with van der Waals surface area (Å²) in [7, 11) is -3.44. The molecule has 1 N–H and O–H groups in total. The van der Waals surface area contributed by atoms with E-state index in [1.54, 1.807) is 16.2 Å². The minimum absolute atomic E-state index is 0.171. The maximum absolute atomic E-state index is 12.3.